The van der Waals surface area contributed by atoms with Crippen molar-refractivity contribution in [3.63, 3.8) is 0 Å². The molecule has 0 saturated heterocycles. The summed E-state index contributed by atoms with van der Waals surface area (Å²) in [4.78, 5) is 11.5. The van der Waals surface area contributed by atoms with Crippen LogP contribution in [-0.4, -0.2) is 29.4 Å². The molecule has 1 N–H and O–H groups in total. The lowest BCUT2D eigenvalue weighted by molar-refractivity contribution is 0.0872. The highest BCUT2D eigenvalue weighted by Gasteiger charge is 2.05. The molecule has 0 bridgehead atoms. The van der Waals surface area contributed by atoms with Gasteiger partial charge in [0.1, 0.15) is 6.73 Å². The number of nitrogens with zero attached hydrogens (tertiary/aromatic N) is 2. The summed E-state index contributed by atoms with van der Waals surface area (Å²) < 4.78 is 6.45. The first-order valence-corrected chi connectivity index (χ1v) is 4.52. The monoisotopic (exact) mass is 205 g/mol. The lowest BCUT2D eigenvalue weighted by Gasteiger charge is -2.03. The van der Waals surface area contributed by atoms with Crippen molar-refractivity contribution in [1.82, 2.24) is 14.9 Å². The predicted octanol–water partition coefficient (Wildman–Crippen LogP) is 0.668. The minimum absolute atomic E-state index is 0.187. The minimum Gasteiger partial charge on any atom is -0.364 e. The molecule has 2 heterocycles. The van der Waals surface area contributed by atoms with Crippen molar-refractivity contribution < 1.29 is 9.53 Å². The van der Waals surface area contributed by atoms with E-state index in [0.29, 0.717) is 5.56 Å². The van der Waals surface area contributed by atoms with Gasteiger partial charge in [0.05, 0.1) is 17.3 Å². The van der Waals surface area contributed by atoms with Crippen LogP contribution in [0.3, 0.4) is 0 Å². The smallest absolute Gasteiger partial charge is 0.254 e. The van der Waals surface area contributed by atoms with Crippen LogP contribution >= 0.6 is 0 Å². The molecular formula is C10H11N3O2. The second kappa shape index (κ2) is 4.10. The van der Waals surface area contributed by atoms with Gasteiger partial charge in [0.25, 0.3) is 5.91 Å². The molecule has 2 rings (SSSR count). The van der Waals surface area contributed by atoms with Gasteiger partial charge in [-0.25, -0.2) is 4.52 Å². The van der Waals surface area contributed by atoms with E-state index >= 15 is 0 Å². The summed E-state index contributed by atoms with van der Waals surface area (Å²) in [5, 5.41) is 6.68. The number of hydrogen-bond acceptors (Lipinski definition) is 3. The first-order valence-electron chi connectivity index (χ1n) is 4.52. The third kappa shape index (κ3) is 1.97. The van der Waals surface area contributed by atoms with Crippen molar-refractivity contribution in [3.05, 3.63) is 36.2 Å². The highest BCUT2D eigenvalue weighted by Crippen LogP contribution is 2.05. The summed E-state index contributed by atoms with van der Waals surface area (Å²) in [5.74, 6) is -0.187. The fraction of sp³-hybridized carbons (Fsp3) is 0.200. The van der Waals surface area contributed by atoms with Crippen LogP contribution < -0.4 is 5.32 Å². The molecule has 0 radical (unpaired) electrons. The third-order valence-electron chi connectivity index (χ3n) is 2.02. The molecule has 0 aliphatic heterocycles. The number of hydrogen-bond donors (Lipinski definition) is 1. The van der Waals surface area contributed by atoms with Gasteiger partial charge < -0.3 is 10.1 Å². The summed E-state index contributed by atoms with van der Waals surface area (Å²) in [6.07, 6.45) is 3.35. The van der Waals surface area contributed by atoms with Gasteiger partial charge in [0.15, 0.2) is 0 Å². The van der Waals surface area contributed by atoms with Gasteiger partial charge in [-0.3, -0.25) is 4.79 Å². The van der Waals surface area contributed by atoms with Crippen LogP contribution in [0.25, 0.3) is 5.52 Å². The van der Waals surface area contributed by atoms with E-state index < -0.39 is 0 Å². The van der Waals surface area contributed by atoms with E-state index in [4.69, 9.17) is 4.74 Å². The average molecular weight is 205 g/mol. The maximum absolute atomic E-state index is 11.5. The number of methoxy groups -OCH3 is 1. The number of amides is 1. The number of aromatic nitrogens is 2. The Morgan fingerprint density at radius 2 is 2.53 bits per heavy atom. The molecule has 2 aromatic heterocycles. The lowest BCUT2D eigenvalue weighted by atomic mass is 10.2. The molecule has 5 nitrogen and oxygen atoms in total. The summed E-state index contributed by atoms with van der Waals surface area (Å²) >= 11 is 0. The van der Waals surface area contributed by atoms with Gasteiger partial charge in [0.2, 0.25) is 0 Å². The van der Waals surface area contributed by atoms with E-state index in [-0.39, 0.29) is 12.6 Å². The molecule has 0 saturated carbocycles. The second-order valence-corrected chi connectivity index (χ2v) is 3.06. The zero-order chi connectivity index (χ0) is 10.7. The van der Waals surface area contributed by atoms with E-state index in [0.717, 1.165) is 5.52 Å². The van der Waals surface area contributed by atoms with Crippen LogP contribution in [0.15, 0.2) is 30.6 Å². The zero-order valence-corrected chi connectivity index (χ0v) is 8.30. The van der Waals surface area contributed by atoms with Gasteiger partial charge in [0, 0.05) is 13.3 Å². The Morgan fingerprint density at radius 3 is 3.33 bits per heavy atom. The van der Waals surface area contributed by atoms with Gasteiger partial charge in [-0.1, -0.05) is 0 Å². The average Bonchev–Trinajstić information content (AvgIpc) is 2.72. The van der Waals surface area contributed by atoms with Gasteiger partial charge in [-0.15, -0.1) is 0 Å². The highest BCUT2D eigenvalue weighted by atomic mass is 16.5. The Balaban J connectivity index is 2.23. The van der Waals surface area contributed by atoms with Crippen molar-refractivity contribution in [2.45, 2.75) is 0 Å². The van der Waals surface area contributed by atoms with Crippen molar-refractivity contribution in [2.24, 2.45) is 0 Å². The van der Waals surface area contributed by atoms with Crippen molar-refractivity contribution in [2.75, 3.05) is 13.8 Å². The summed E-state index contributed by atoms with van der Waals surface area (Å²) in [7, 11) is 1.52. The van der Waals surface area contributed by atoms with Crippen molar-refractivity contribution in [3.8, 4) is 0 Å². The number of rotatable bonds is 3. The maximum Gasteiger partial charge on any atom is 0.254 e. The fourth-order valence-corrected chi connectivity index (χ4v) is 1.29. The third-order valence-corrected chi connectivity index (χ3v) is 2.02. The Hall–Kier alpha value is -1.88. The number of fused-ring (bicyclic) bond motifs is 1. The number of nitrogens with one attached hydrogen (secondary N) is 1. The number of carbonyl (C=O) groups excluding carboxylic acids is 1. The molecule has 0 fully saturated rings. The van der Waals surface area contributed by atoms with Crippen LogP contribution in [-0.2, 0) is 4.74 Å². The first kappa shape index (κ1) is 9.67. The molecule has 78 valence electrons. The molecule has 5 heteroatoms. The lowest BCUT2D eigenvalue weighted by Crippen LogP contribution is -2.25. The Morgan fingerprint density at radius 1 is 1.67 bits per heavy atom. The van der Waals surface area contributed by atoms with Crippen LogP contribution in [0.5, 0.6) is 0 Å². The zero-order valence-electron chi connectivity index (χ0n) is 8.30. The molecule has 0 aliphatic carbocycles. The first-order chi connectivity index (χ1) is 7.31. The molecule has 0 unspecified atom stereocenters. The Bertz CT molecular complexity index is 478. The molecule has 0 spiro atoms. The highest BCUT2D eigenvalue weighted by molar-refractivity contribution is 5.94. The van der Waals surface area contributed by atoms with Crippen LogP contribution in [0, 0.1) is 0 Å². The summed E-state index contributed by atoms with van der Waals surface area (Å²) in [5.41, 5.74) is 1.42. The minimum atomic E-state index is -0.187. The standard InChI is InChI=1S/C10H11N3O2/c1-15-7-11-10(14)8-5-9-3-2-4-13(9)12-6-8/h2-6H,7H2,1H3,(H,11,14). The quantitative estimate of drug-likeness (QED) is 0.749. The van der Waals surface area contributed by atoms with E-state index in [2.05, 4.69) is 10.4 Å². The van der Waals surface area contributed by atoms with E-state index in [9.17, 15) is 4.79 Å². The van der Waals surface area contributed by atoms with Crippen LogP contribution in [0.1, 0.15) is 10.4 Å². The normalized spacial score (nSPS) is 10.5. The van der Waals surface area contributed by atoms with E-state index in [1.54, 1.807) is 10.6 Å². The molecule has 0 aromatic carbocycles. The molecule has 0 aliphatic rings. The van der Waals surface area contributed by atoms with Gasteiger partial charge in [-0.05, 0) is 18.2 Å². The van der Waals surface area contributed by atoms with Gasteiger partial charge >= 0.3 is 0 Å². The van der Waals surface area contributed by atoms with E-state index in [1.165, 1.54) is 13.3 Å². The summed E-state index contributed by atoms with van der Waals surface area (Å²) in [6, 6.07) is 5.54. The molecule has 0 atom stereocenters. The van der Waals surface area contributed by atoms with Gasteiger partial charge in [-0.2, -0.15) is 5.10 Å². The fourth-order valence-electron chi connectivity index (χ4n) is 1.29. The van der Waals surface area contributed by atoms with Crippen LogP contribution in [0.4, 0.5) is 0 Å². The largest absolute Gasteiger partial charge is 0.364 e. The molecular weight excluding hydrogens is 194 g/mol. The van der Waals surface area contributed by atoms with Crippen LogP contribution in [0.2, 0.25) is 0 Å². The van der Waals surface area contributed by atoms with E-state index in [1.807, 2.05) is 18.3 Å². The number of carbonyl (C=O) groups is 1. The number of ether oxygens (including phenoxy) is 1. The molecule has 1 amide bonds. The predicted molar refractivity (Wildman–Crippen MR) is 54.5 cm³/mol. The maximum atomic E-state index is 11.5. The van der Waals surface area contributed by atoms with Crippen molar-refractivity contribution in [1.29, 1.82) is 0 Å². The Kier molecular flexibility index (Phi) is 2.64. The second-order valence-electron chi connectivity index (χ2n) is 3.06. The summed E-state index contributed by atoms with van der Waals surface area (Å²) in [6.45, 7) is 0.199. The molecule has 15 heavy (non-hydrogen) atoms. The Labute approximate surface area is 86.7 Å². The van der Waals surface area contributed by atoms with Crippen molar-refractivity contribution >= 4 is 11.4 Å². The SMILES string of the molecule is COCNC(=O)c1cnn2cccc2c1. The molecule has 2 aromatic rings. The topological polar surface area (TPSA) is 55.6 Å².